The van der Waals surface area contributed by atoms with E-state index in [9.17, 15) is 9.59 Å². The first-order chi connectivity index (χ1) is 9.03. The summed E-state index contributed by atoms with van der Waals surface area (Å²) >= 11 is 11.7. The minimum Gasteiger partial charge on any atom is -0.274 e. The highest BCUT2D eigenvalue weighted by Gasteiger charge is 2.54. The first-order valence-corrected chi connectivity index (χ1v) is 6.50. The van der Waals surface area contributed by atoms with Gasteiger partial charge in [-0.05, 0) is 18.2 Å². The van der Waals surface area contributed by atoms with Crippen LogP contribution in [0, 0.1) is 0 Å². The maximum absolute atomic E-state index is 12.4. The van der Waals surface area contributed by atoms with Gasteiger partial charge in [-0.3, -0.25) is 9.59 Å². The summed E-state index contributed by atoms with van der Waals surface area (Å²) in [5.74, 6) is -0.624. The van der Waals surface area contributed by atoms with Crippen molar-refractivity contribution in [3.8, 4) is 0 Å². The number of rotatable bonds is 1. The van der Waals surface area contributed by atoms with Crippen LogP contribution < -0.4 is 4.90 Å². The lowest BCUT2D eigenvalue weighted by molar-refractivity contribution is -0.122. The van der Waals surface area contributed by atoms with E-state index < -0.39 is 5.54 Å². The van der Waals surface area contributed by atoms with E-state index in [1.54, 1.807) is 12.1 Å². The molecule has 7 heteroatoms. The Balaban J connectivity index is 2.01. The van der Waals surface area contributed by atoms with Crippen LogP contribution in [0.1, 0.15) is 12.8 Å². The van der Waals surface area contributed by atoms with Gasteiger partial charge in [-0.25, -0.2) is 4.90 Å². The van der Waals surface area contributed by atoms with Gasteiger partial charge in [-0.1, -0.05) is 23.2 Å². The Kier molecular flexibility index (Phi) is 2.83. The van der Waals surface area contributed by atoms with Gasteiger partial charge >= 0.3 is 0 Å². The second-order valence-corrected chi connectivity index (χ2v) is 5.37. The molecular weight excluding hydrogens is 289 g/mol. The van der Waals surface area contributed by atoms with Crippen molar-refractivity contribution in [3.63, 3.8) is 0 Å². The molecule has 2 amide bonds. The number of carbonyl (C=O) groups excluding carboxylic acids is 2. The van der Waals surface area contributed by atoms with E-state index in [1.165, 1.54) is 6.07 Å². The summed E-state index contributed by atoms with van der Waals surface area (Å²) in [6, 6.07) is 4.65. The molecule has 3 rings (SSSR count). The van der Waals surface area contributed by atoms with Crippen LogP contribution in [0.4, 0.5) is 5.69 Å². The molecule has 0 unspecified atom stereocenters. The van der Waals surface area contributed by atoms with E-state index in [4.69, 9.17) is 23.2 Å². The third-order valence-corrected chi connectivity index (χ3v) is 4.08. The molecule has 2 aliphatic heterocycles. The first kappa shape index (κ1) is 12.6. The SMILES string of the molecule is O=C1C[C@]2(CCN=N2)C(=O)N1c1ccc(Cl)c(Cl)c1. The largest absolute Gasteiger partial charge is 0.274 e. The topological polar surface area (TPSA) is 62.1 Å². The molecule has 2 heterocycles. The Morgan fingerprint density at radius 1 is 1.21 bits per heavy atom. The molecule has 19 heavy (non-hydrogen) atoms. The molecule has 0 radical (unpaired) electrons. The van der Waals surface area contributed by atoms with E-state index in [2.05, 4.69) is 10.2 Å². The standard InChI is InChI=1S/C12H9Cl2N3O2/c13-8-2-1-7(5-9(8)14)17-10(18)6-12(11(17)19)3-4-15-16-12/h1-2,5H,3-4,6H2/t12-/m1/s1. The third kappa shape index (κ3) is 1.84. The Morgan fingerprint density at radius 3 is 2.63 bits per heavy atom. The second kappa shape index (κ2) is 4.28. The molecule has 0 bridgehead atoms. The Morgan fingerprint density at radius 2 is 2.00 bits per heavy atom. The highest BCUT2D eigenvalue weighted by Crippen LogP contribution is 2.38. The molecule has 1 fully saturated rings. The number of nitrogens with zero attached hydrogens (tertiary/aromatic N) is 3. The molecule has 0 N–H and O–H groups in total. The van der Waals surface area contributed by atoms with Gasteiger partial charge in [0.2, 0.25) is 5.91 Å². The van der Waals surface area contributed by atoms with Crippen molar-refractivity contribution in [1.29, 1.82) is 0 Å². The Bertz CT molecular complexity index is 617. The molecule has 0 saturated carbocycles. The molecule has 0 aromatic heterocycles. The number of azo groups is 1. The average Bonchev–Trinajstić information content (AvgIpc) is 2.91. The summed E-state index contributed by atoms with van der Waals surface area (Å²) in [4.78, 5) is 25.6. The van der Waals surface area contributed by atoms with Crippen LogP contribution in [0.5, 0.6) is 0 Å². The highest BCUT2D eigenvalue weighted by atomic mass is 35.5. The number of hydrogen-bond acceptors (Lipinski definition) is 4. The van der Waals surface area contributed by atoms with Gasteiger partial charge in [-0.2, -0.15) is 10.2 Å². The van der Waals surface area contributed by atoms with E-state index in [0.29, 0.717) is 28.7 Å². The summed E-state index contributed by atoms with van der Waals surface area (Å²) in [5, 5.41) is 8.48. The molecule has 5 nitrogen and oxygen atoms in total. The molecule has 1 aromatic carbocycles. The summed E-state index contributed by atoms with van der Waals surface area (Å²) in [6.07, 6.45) is 0.547. The Hall–Kier alpha value is -1.46. The van der Waals surface area contributed by atoms with Gasteiger partial charge in [0.25, 0.3) is 5.91 Å². The lowest BCUT2D eigenvalue weighted by Crippen LogP contribution is -2.38. The van der Waals surface area contributed by atoms with E-state index in [0.717, 1.165) is 4.90 Å². The smallest absolute Gasteiger partial charge is 0.264 e. The van der Waals surface area contributed by atoms with Crippen LogP contribution in [-0.2, 0) is 9.59 Å². The fraction of sp³-hybridized carbons (Fsp3) is 0.333. The average molecular weight is 298 g/mol. The predicted octanol–water partition coefficient (Wildman–Crippen LogP) is 2.85. The molecule has 1 spiro atoms. The lowest BCUT2D eigenvalue weighted by atomic mass is 9.96. The van der Waals surface area contributed by atoms with Gasteiger partial charge in [0.1, 0.15) is 0 Å². The number of halogens is 2. The number of carbonyl (C=O) groups is 2. The van der Waals surface area contributed by atoms with Crippen molar-refractivity contribution in [3.05, 3.63) is 28.2 Å². The number of imide groups is 1. The fourth-order valence-corrected chi connectivity index (χ4v) is 2.65. The monoisotopic (exact) mass is 297 g/mol. The molecule has 1 aromatic rings. The van der Waals surface area contributed by atoms with Gasteiger partial charge in [-0.15, -0.1) is 0 Å². The quantitative estimate of drug-likeness (QED) is 0.748. The van der Waals surface area contributed by atoms with Crippen LogP contribution in [0.15, 0.2) is 28.4 Å². The van der Waals surface area contributed by atoms with Gasteiger partial charge in [0.15, 0.2) is 5.54 Å². The summed E-state index contributed by atoms with van der Waals surface area (Å²) in [6.45, 7) is 0.480. The maximum atomic E-state index is 12.4. The van der Waals surface area contributed by atoms with Crippen LogP contribution in [0.25, 0.3) is 0 Å². The molecule has 98 valence electrons. The van der Waals surface area contributed by atoms with Gasteiger partial charge in [0, 0.05) is 6.42 Å². The third-order valence-electron chi connectivity index (χ3n) is 3.34. The van der Waals surface area contributed by atoms with Crippen molar-refractivity contribution < 1.29 is 9.59 Å². The minimum atomic E-state index is -0.997. The van der Waals surface area contributed by atoms with Crippen molar-refractivity contribution >= 4 is 40.7 Å². The second-order valence-electron chi connectivity index (χ2n) is 4.56. The van der Waals surface area contributed by atoms with Gasteiger partial charge < -0.3 is 0 Å². The van der Waals surface area contributed by atoms with Crippen LogP contribution in [0.2, 0.25) is 10.0 Å². The van der Waals surface area contributed by atoms with Crippen LogP contribution in [-0.4, -0.2) is 23.9 Å². The van der Waals surface area contributed by atoms with Crippen molar-refractivity contribution in [2.75, 3.05) is 11.4 Å². The van der Waals surface area contributed by atoms with Crippen molar-refractivity contribution in [1.82, 2.24) is 0 Å². The molecule has 0 aliphatic carbocycles. The Labute approximate surface area is 119 Å². The first-order valence-electron chi connectivity index (χ1n) is 5.75. The van der Waals surface area contributed by atoms with Gasteiger partial charge in [0.05, 0.1) is 28.7 Å². The predicted molar refractivity (Wildman–Crippen MR) is 70.6 cm³/mol. The molecule has 1 saturated heterocycles. The zero-order chi connectivity index (χ0) is 13.6. The zero-order valence-corrected chi connectivity index (χ0v) is 11.3. The summed E-state index contributed by atoms with van der Waals surface area (Å²) in [7, 11) is 0. The lowest BCUT2D eigenvalue weighted by Gasteiger charge is -2.18. The number of benzene rings is 1. The fourth-order valence-electron chi connectivity index (χ4n) is 2.36. The number of amides is 2. The molecule has 2 aliphatic rings. The van der Waals surface area contributed by atoms with Crippen LogP contribution >= 0.6 is 23.2 Å². The van der Waals surface area contributed by atoms with E-state index >= 15 is 0 Å². The number of anilines is 1. The van der Waals surface area contributed by atoms with Crippen molar-refractivity contribution in [2.24, 2.45) is 10.2 Å². The van der Waals surface area contributed by atoms with Crippen LogP contribution in [0.3, 0.4) is 0 Å². The molecular formula is C12H9Cl2N3O2. The van der Waals surface area contributed by atoms with E-state index in [-0.39, 0.29) is 18.2 Å². The normalized spacial score (nSPS) is 25.9. The summed E-state index contributed by atoms with van der Waals surface area (Å²) in [5.41, 5.74) is -0.577. The highest BCUT2D eigenvalue weighted by molar-refractivity contribution is 6.42. The summed E-state index contributed by atoms with van der Waals surface area (Å²) < 4.78 is 0. The maximum Gasteiger partial charge on any atom is 0.264 e. The zero-order valence-electron chi connectivity index (χ0n) is 9.77. The number of hydrogen-bond donors (Lipinski definition) is 0. The molecule has 1 atom stereocenters. The van der Waals surface area contributed by atoms with E-state index in [1.807, 2.05) is 0 Å². The minimum absolute atomic E-state index is 0.0651. The van der Waals surface area contributed by atoms with Crippen molar-refractivity contribution in [2.45, 2.75) is 18.4 Å².